The van der Waals surface area contributed by atoms with Crippen molar-refractivity contribution in [1.82, 2.24) is 15.5 Å². The van der Waals surface area contributed by atoms with Gasteiger partial charge in [-0.25, -0.2) is 0 Å². The molecular weight excluding hydrogens is 366 g/mol. The van der Waals surface area contributed by atoms with Crippen LogP contribution in [0.2, 0.25) is 0 Å². The second-order valence-corrected chi connectivity index (χ2v) is 6.89. The fourth-order valence-electron chi connectivity index (χ4n) is 2.91. The number of rotatable bonds is 11. The van der Waals surface area contributed by atoms with Gasteiger partial charge in [0, 0.05) is 25.8 Å². The fraction of sp³-hybridized carbons (Fsp3) is 0.348. The standard InChI is InChI=1S/C23H27N3O3/c1-2-21-25-23(29-26-21)13-7-12-22(27)24-15-19-10-6-11-20(14-19)17-28-16-18-8-4-3-5-9-18/h3-6,8-11,14H,2,7,12-13,15-17H2,1H3,(H,24,27). The summed E-state index contributed by atoms with van der Waals surface area (Å²) in [7, 11) is 0. The van der Waals surface area contributed by atoms with Crippen molar-refractivity contribution in [2.24, 2.45) is 0 Å². The first kappa shape index (κ1) is 20.7. The second kappa shape index (κ2) is 11.1. The Morgan fingerprint density at radius 2 is 1.79 bits per heavy atom. The Hall–Kier alpha value is -2.99. The molecule has 2 aromatic carbocycles. The second-order valence-electron chi connectivity index (χ2n) is 6.89. The minimum Gasteiger partial charge on any atom is -0.372 e. The van der Waals surface area contributed by atoms with E-state index in [-0.39, 0.29) is 5.91 Å². The molecule has 1 heterocycles. The largest absolute Gasteiger partial charge is 0.372 e. The molecule has 0 radical (unpaired) electrons. The maximum absolute atomic E-state index is 12.1. The summed E-state index contributed by atoms with van der Waals surface area (Å²) in [5.74, 6) is 1.32. The van der Waals surface area contributed by atoms with Crippen LogP contribution in [0.5, 0.6) is 0 Å². The Balaban J connectivity index is 1.36. The molecule has 0 bridgehead atoms. The minimum absolute atomic E-state index is 0.0194. The van der Waals surface area contributed by atoms with Gasteiger partial charge in [-0.2, -0.15) is 4.98 Å². The van der Waals surface area contributed by atoms with Crippen molar-refractivity contribution in [2.45, 2.75) is 52.4 Å². The molecule has 152 valence electrons. The van der Waals surface area contributed by atoms with E-state index in [2.05, 4.69) is 21.5 Å². The van der Waals surface area contributed by atoms with Crippen LogP contribution in [0.4, 0.5) is 0 Å². The number of amides is 1. The summed E-state index contributed by atoms with van der Waals surface area (Å²) < 4.78 is 10.9. The molecule has 3 rings (SSSR count). The van der Waals surface area contributed by atoms with Crippen molar-refractivity contribution in [1.29, 1.82) is 0 Å². The van der Waals surface area contributed by atoms with Crippen LogP contribution in [0, 0.1) is 0 Å². The van der Waals surface area contributed by atoms with Crippen molar-refractivity contribution in [2.75, 3.05) is 0 Å². The number of ether oxygens (including phenoxy) is 1. The maximum atomic E-state index is 12.1. The summed E-state index contributed by atoms with van der Waals surface area (Å²) in [6, 6.07) is 18.2. The smallest absolute Gasteiger partial charge is 0.226 e. The minimum atomic E-state index is 0.0194. The lowest BCUT2D eigenvalue weighted by atomic mass is 10.1. The maximum Gasteiger partial charge on any atom is 0.226 e. The van der Waals surface area contributed by atoms with Gasteiger partial charge >= 0.3 is 0 Å². The quantitative estimate of drug-likeness (QED) is 0.533. The van der Waals surface area contributed by atoms with Gasteiger partial charge in [-0.05, 0) is 23.1 Å². The lowest BCUT2D eigenvalue weighted by molar-refractivity contribution is -0.121. The third-order valence-electron chi connectivity index (χ3n) is 4.48. The zero-order chi connectivity index (χ0) is 20.3. The molecule has 0 unspecified atom stereocenters. The number of nitrogens with one attached hydrogen (secondary N) is 1. The average Bonchev–Trinajstić information content (AvgIpc) is 3.21. The van der Waals surface area contributed by atoms with Gasteiger partial charge in [0.25, 0.3) is 0 Å². The van der Waals surface area contributed by atoms with E-state index in [9.17, 15) is 4.79 Å². The van der Waals surface area contributed by atoms with E-state index in [1.165, 1.54) is 0 Å². The number of carbonyl (C=O) groups excluding carboxylic acids is 1. The van der Waals surface area contributed by atoms with E-state index in [0.717, 1.165) is 23.1 Å². The monoisotopic (exact) mass is 393 g/mol. The highest BCUT2D eigenvalue weighted by Gasteiger charge is 2.07. The topological polar surface area (TPSA) is 77.2 Å². The first-order valence-electron chi connectivity index (χ1n) is 10.0. The Bertz CT molecular complexity index is 893. The summed E-state index contributed by atoms with van der Waals surface area (Å²) in [6.07, 6.45) is 2.49. The zero-order valence-electron chi connectivity index (χ0n) is 16.8. The van der Waals surface area contributed by atoms with E-state index in [1.54, 1.807) is 0 Å². The van der Waals surface area contributed by atoms with E-state index < -0.39 is 0 Å². The van der Waals surface area contributed by atoms with Crippen LogP contribution in [-0.4, -0.2) is 16.0 Å². The van der Waals surface area contributed by atoms with Crippen LogP contribution in [0.1, 0.15) is 48.2 Å². The van der Waals surface area contributed by atoms with Gasteiger partial charge in [0.15, 0.2) is 5.82 Å². The molecule has 1 amide bonds. The molecule has 0 saturated heterocycles. The highest BCUT2D eigenvalue weighted by Crippen LogP contribution is 2.09. The number of hydrogen-bond acceptors (Lipinski definition) is 5. The molecule has 6 nitrogen and oxygen atoms in total. The third kappa shape index (κ3) is 7.16. The Morgan fingerprint density at radius 3 is 2.59 bits per heavy atom. The fourth-order valence-corrected chi connectivity index (χ4v) is 2.91. The molecule has 3 aromatic rings. The molecule has 0 spiro atoms. The summed E-state index contributed by atoms with van der Waals surface area (Å²) >= 11 is 0. The number of hydrogen-bond donors (Lipinski definition) is 1. The normalized spacial score (nSPS) is 10.8. The van der Waals surface area contributed by atoms with Crippen LogP contribution in [-0.2, 0) is 42.1 Å². The molecule has 0 atom stereocenters. The van der Waals surface area contributed by atoms with Crippen molar-refractivity contribution < 1.29 is 14.1 Å². The first-order chi connectivity index (χ1) is 14.2. The predicted octanol–water partition coefficient (Wildman–Crippen LogP) is 3.99. The van der Waals surface area contributed by atoms with Gasteiger partial charge in [-0.3, -0.25) is 4.79 Å². The zero-order valence-corrected chi connectivity index (χ0v) is 16.8. The van der Waals surface area contributed by atoms with E-state index in [0.29, 0.717) is 50.7 Å². The van der Waals surface area contributed by atoms with Crippen LogP contribution in [0.15, 0.2) is 59.1 Å². The van der Waals surface area contributed by atoms with Gasteiger partial charge in [0.05, 0.1) is 13.2 Å². The molecule has 0 aliphatic carbocycles. The van der Waals surface area contributed by atoms with Gasteiger partial charge in [0.1, 0.15) is 0 Å². The molecule has 1 N–H and O–H groups in total. The van der Waals surface area contributed by atoms with Gasteiger partial charge < -0.3 is 14.6 Å². The molecule has 29 heavy (non-hydrogen) atoms. The van der Waals surface area contributed by atoms with E-state index in [1.807, 2.05) is 55.5 Å². The number of aryl methyl sites for hydroxylation is 2. The van der Waals surface area contributed by atoms with E-state index >= 15 is 0 Å². The molecule has 0 aliphatic heterocycles. The van der Waals surface area contributed by atoms with Crippen molar-refractivity contribution in [3.63, 3.8) is 0 Å². The number of carbonyl (C=O) groups is 1. The molecule has 6 heteroatoms. The van der Waals surface area contributed by atoms with E-state index in [4.69, 9.17) is 9.26 Å². The highest BCUT2D eigenvalue weighted by atomic mass is 16.5. The number of aromatic nitrogens is 2. The van der Waals surface area contributed by atoms with Gasteiger partial charge in [-0.1, -0.05) is 66.7 Å². The Morgan fingerprint density at radius 1 is 1.03 bits per heavy atom. The molecule has 0 aliphatic rings. The third-order valence-corrected chi connectivity index (χ3v) is 4.48. The SMILES string of the molecule is CCc1noc(CCCC(=O)NCc2cccc(COCc3ccccc3)c2)n1. The van der Waals surface area contributed by atoms with Gasteiger partial charge in [0.2, 0.25) is 11.8 Å². The summed E-state index contributed by atoms with van der Waals surface area (Å²) in [4.78, 5) is 16.3. The predicted molar refractivity (Wildman–Crippen MR) is 110 cm³/mol. The average molecular weight is 393 g/mol. The Kier molecular flexibility index (Phi) is 7.95. The van der Waals surface area contributed by atoms with Crippen LogP contribution in [0.25, 0.3) is 0 Å². The van der Waals surface area contributed by atoms with Gasteiger partial charge in [-0.15, -0.1) is 0 Å². The van der Waals surface area contributed by atoms with Crippen LogP contribution >= 0.6 is 0 Å². The molecular formula is C23H27N3O3. The molecule has 0 fully saturated rings. The lowest BCUT2D eigenvalue weighted by Gasteiger charge is -2.08. The lowest BCUT2D eigenvalue weighted by Crippen LogP contribution is -2.22. The first-order valence-corrected chi connectivity index (χ1v) is 10.0. The van der Waals surface area contributed by atoms with Crippen molar-refractivity contribution in [3.05, 3.63) is 83.0 Å². The summed E-state index contributed by atoms with van der Waals surface area (Å²) in [5.41, 5.74) is 3.31. The van der Waals surface area contributed by atoms with Crippen molar-refractivity contribution in [3.8, 4) is 0 Å². The Labute approximate surface area is 171 Å². The molecule has 1 aromatic heterocycles. The summed E-state index contributed by atoms with van der Waals surface area (Å²) in [6.45, 7) is 3.61. The number of benzene rings is 2. The highest BCUT2D eigenvalue weighted by molar-refractivity contribution is 5.75. The van der Waals surface area contributed by atoms with Crippen molar-refractivity contribution >= 4 is 5.91 Å². The summed E-state index contributed by atoms with van der Waals surface area (Å²) in [5, 5.41) is 6.82. The van der Waals surface area contributed by atoms with Crippen LogP contribution < -0.4 is 5.32 Å². The van der Waals surface area contributed by atoms with Crippen LogP contribution in [0.3, 0.4) is 0 Å². The molecule has 0 saturated carbocycles. The number of nitrogens with zero attached hydrogens (tertiary/aromatic N) is 2.